The maximum absolute atomic E-state index is 14.0. The van der Waals surface area contributed by atoms with Gasteiger partial charge in [0.15, 0.2) is 0 Å². The summed E-state index contributed by atoms with van der Waals surface area (Å²) in [6.07, 6.45) is 13.1. The molecule has 2 amide bonds. The quantitative estimate of drug-likeness (QED) is 0.262. The minimum absolute atomic E-state index is 0.0146. The molecule has 45 heavy (non-hydrogen) atoms. The van der Waals surface area contributed by atoms with Gasteiger partial charge in [0.05, 0.1) is 24.7 Å². The number of likely N-dealkylation sites (tertiary alicyclic amines) is 1. The summed E-state index contributed by atoms with van der Waals surface area (Å²) in [4.78, 5) is 51.5. The third-order valence-corrected chi connectivity index (χ3v) is 9.47. The van der Waals surface area contributed by atoms with E-state index in [0.29, 0.717) is 30.5 Å². The lowest BCUT2D eigenvalue weighted by molar-refractivity contribution is -0.159. The number of aromatic amines is 2. The number of hydrogen-bond acceptors (Lipinski definition) is 6. The fourth-order valence-electron chi connectivity index (χ4n) is 7.10. The number of unbranched alkanes of at least 4 members (excludes halogenated alkanes) is 1. The largest absolute Gasteiger partial charge is 0.347 e. The van der Waals surface area contributed by atoms with Crippen molar-refractivity contribution in [3.05, 3.63) is 71.8 Å². The van der Waals surface area contributed by atoms with Gasteiger partial charge in [-0.2, -0.15) is 0 Å². The number of imidazole rings is 2. The van der Waals surface area contributed by atoms with Crippen LogP contribution < -0.4 is 0 Å². The van der Waals surface area contributed by atoms with Crippen molar-refractivity contribution in [2.24, 2.45) is 5.92 Å². The fraction of sp³-hybridized carbons (Fsp3) is 0.600. The summed E-state index contributed by atoms with van der Waals surface area (Å²) < 4.78 is 0. The number of carbonyl (C=O) groups is 2. The Hall–Kier alpha value is -3.50. The standard InChI is InChI=1S/C35H52N8O2/c1-5-7-19-43-34(45)30(22-27(3)4)41(18-6-2)26-35(43)12-20-40(21-13-35)23-28-8-10-29(11-9-28)33(44)42(24-31-36-14-15-37-31)25-32-38-16-17-39-32/h8-11,14-17,27,30H,5-7,12-13,18-26H2,1-4H3,(H,36,37)(H,38,39)/t30-/m0/s1. The lowest BCUT2D eigenvalue weighted by atomic mass is 9.80. The van der Waals surface area contributed by atoms with Crippen molar-refractivity contribution in [2.45, 2.75) is 97.4 Å². The maximum Gasteiger partial charge on any atom is 0.254 e. The summed E-state index contributed by atoms with van der Waals surface area (Å²) in [6.45, 7) is 15.3. The second-order valence-electron chi connectivity index (χ2n) is 13.4. The highest BCUT2D eigenvalue weighted by Crippen LogP contribution is 2.37. The maximum atomic E-state index is 14.0. The van der Waals surface area contributed by atoms with Crippen LogP contribution >= 0.6 is 0 Å². The van der Waals surface area contributed by atoms with Crippen LogP contribution in [0.25, 0.3) is 0 Å². The molecule has 3 aromatic rings. The van der Waals surface area contributed by atoms with Gasteiger partial charge in [-0.05, 0) is 62.3 Å². The number of H-pyrrole nitrogens is 2. The molecule has 2 fully saturated rings. The van der Waals surface area contributed by atoms with Crippen LogP contribution in [0.1, 0.15) is 93.8 Å². The molecule has 2 aromatic heterocycles. The van der Waals surface area contributed by atoms with E-state index in [1.165, 1.54) is 5.56 Å². The van der Waals surface area contributed by atoms with E-state index >= 15 is 0 Å². The van der Waals surface area contributed by atoms with Crippen molar-refractivity contribution in [3.63, 3.8) is 0 Å². The van der Waals surface area contributed by atoms with Crippen LogP contribution in [0.15, 0.2) is 49.1 Å². The van der Waals surface area contributed by atoms with Gasteiger partial charge in [-0.3, -0.25) is 19.4 Å². The Morgan fingerprint density at radius 3 is 2.16 bits per heavy atom. The fourth-order valence-corrected chi connectivity index (χ4v) is 7.10. The number of aromatic nitrogens is 4. The zero-order valence-corrected chi connectivity index (χ0v) is 27.7. The predicted octanol–water partition coefficient (Wildman–Crippen LogP) is 5.08. The van der Waals surface area contributed by atoms with Crippen molar-refractivity contribution in [3.8, 4) is 0 Å². The highest BCUT2D eigenvalue weighted by Gasteiger charge is 2.50. The van der Waals surface area contributed by atoms with Gasteiger partial charge in [0, 0.05) is 63.1 Å². The summed E-state index contributed by atoms with van der Waals surface area (Å²) in [5.41, 5.74) is 1.76. The van der Waals surface area contributed by atoms with Crippen molar-refractivity contribution in [1.29, 1.82) is 0 Å². The highest BCUT2D eigenvalue weighted by molar-refractivity contribution is 5.94. The summed E-state index contributed by atoms with van der Waals surface area (Å²) in [6, 6.07) is 8.04. The van der Waals surface area contributed by atoms with Gasteiger partial charge in [0.1, 0.15) is 11.6 Å². The number of amides is 2. The lowest BCUT2D eigenvalue weighted by Crippen LogP contribution is -2.71. The van der Waals surface area contributed by atoms with E-state index in [0.717, 1.165) is 89.4 Å². The van der Waals surface area contributed by atoms with E-state index < -0.39 is 0 Å². The molecule has 2 aliphatic rings. The Bertz CT molecular complexity index is 1290. The van der Waals surface area contributed by atoms with Gasteiger partial charge in [0.2, 0.25) is 5.91 Å². The topological polar surface area (TPSA) is 104 Å². The average molecular weight is 617 g/mol. The summed E-state index contributed by atoms with van der Waals surface area (Å²) in [5.74, 6) is 2.26. The molecule has 10 nitrogen and oxygen atoms in total. The van der Waals surface area contributed by atoms with Crippen LogP contribution in [-0.4, -0.2) is 95.7 Å². The van der Waals surface area contributed by atoms with E-state index in [9.17, 15) is 9.59 Å². The van der Waals surface area contributed by atoms with Gasteiger partial charge in [-0.25, -0.2) is 9.97 Å². The van der Waals surface area contributed by atoms with Crippen LogP contribution in [0.3, 0.4) is 0 Å². The smallest absolute Gasteiger partial charge is 0.254 e. The third-order valence-electron chi connectivity index (χ3n) is 9.47. The van der Waals surface area contributed by atoms with Crippen molar-refractivity contribution >= 4 is 11.8 Å². The zero-order chi connectivity index (χ0) is 31.8. The first kappa shape index (κ1) is 32.9. The predicted molar refractivity (Wildman–Crippen MR) is 176 cm³/mol. The number of piperidine rings is 1. The SMILES string of the molecule is CCCCN1C(=O)[C@H](CC(C)C)N(CCC)CC12CCN(Cc1ccc(C(=O)N(Cc3ncc[nH]3)Cc3ncc[nH]3)cc1)CC2. The van der Waals surface area contributed by atoms with Gasteiger partial charge in [0.25, 0.3) is 5.91 Å². The highest BCUT2D eigenvalue weighted by atomic mass is 16.2. The second-order valence-corrected chi connectivity index (χ2v) is 13.4. The molecule has 2 saturated heterocycles. The van der Waals surface area contributed by atoms with Crippen molar-refractivity contribution in [2.75, 3.05) is 32.7 Å². The number of piperazine rings is 1. The van der Waals surface area contributed by atoms with Crippen LogP contribution in [-0.2, 0) is 24.4 Å². The van der Waals surface area contributed by atoms with Crippen LogP contribution in [0, 0.1) is 5.92 Å². The summed E-state index contributed by atoms with van der Waals surface area (Å²) in [7, 11) is 0. The van der Waals surface area contributed by atoms with E-state index in [1.54, 1.807) is 29.7 Å². The Balaban J connectivity index is 1.23. The molecular weight excluding hydrogens is 564 g/mol. The van der Waals surface area contributed by atoms with Crippen molar-refractivity contribution in [1.82, 2.24) is 39.5 Å². The molecule has 0 radical (unpaired) electrons. The second kappa shape index (κ2) is 15.2. The Kier molecular flexibility index (Phi) is 11.1. The molecule has 4 heterocycles. The van der Waals surface area contributed by atoms with Gasteiger partial charge < -0.3 is 19.8 Å². The molecule has 0 aliphatic carbocycles. The number of benzene rings is 1. The molecule has 1 aromatic carbocycles. The van der Waals surface area contributed by atoms with E-state index in [1.807, 2.05) is 12.1 Å². The van der Waals surface area contributed by atoms with E-state index in [4.69, 9.17) is 0 Å². The lowest BCUT2D eigenvalue weighted by Gasteiger charge is -2.56. The first-order valence-corrected chi connectivity index (χ1v) is 16.9. The van der Waals surface area contributed by atoms with Gasteiger partial charge in [-0.15, -0.1) is 0 Å². The Morgan fingerprint density at radius 2 is 1.62 bits per heavy atom. The molecule has 1 atom stereocenters. The van der Waals surface area contributed by atoms with E-state index in [-0.39, 0.29) is 17.5 Å². The first-order valence-electron chi connectivity index (χ1n) is 16.9. The third kappa shape index (κ3) is 8.02. The monoisotopic (exact) mass is 616 g/mol. The summed E-state index contributed by atoms with van der Waals surface area (Å²) in [5, 5.41) is 0. The van der Waals surface area contributed by atoms with Gasteiger partial charge >= 0.3 is 0 Å². The molecular formula is C35H52N8O2. The minimum Gasteiger partial charge on any atom is -0.347 e. The molecule has 10 heteroatoms. The molecule has 244 valence electrons. The average Bonchev–Trinajstić information content (AvgIpc) is 3.75. The normalized spacial score (nSPS) is 19.1. The first-order chi connectivity index (χ1) is 21.8. The Morgan fingerprint density at radius 1 is 0.978 bits per heavy atom. The van der Waals surface area contributed by atoms with Crippen LogP contribution in [0.2, 0.25) is 0 Å². The molecule has 2 N–H and O–H groups in total. The number of nitrogens with zero attached hydrogens (tertiary/aromatic N) is 6. The Labute approximate surface area is 268 Å². The van der Waals surface area contributed by atoms with E-state index in [2.05, 4.69) is 74.5 Å². The van der Waals surface area contributed by atoms with Gasteiger partial charge in [-0.1, -0.05) is 46.2 Å². The molecule has 0 unspecified atom stereocenters. The summed E-state index contributed by atoms with van der Waals surface area (Å²) >= 11 is 0. The van der Waals surface area contributed by atoms with Crippen LogP contribution in [0.4, 0.5) is 0 Å². The zero-order valence-electron chi connectivity index (χ0n) is 27.7. The number of carbonyl (C=O) groups excluding carboxylic acids is 2. The van der Waals surface area contributed by atoms with Crippen molar-refractivity contribution < 1.29 is 9.59 Å². The minimum atomic E-state index is -0.0763. The van der Waals surface area contributed by atoms with Crippen LogP contribution in [0.5, 0.6) is 0 Å². The molecule has 5 rings (SSSR count). The molecule has 2 aliphatic heterocycles. The number of nitrogens with one attached hydrogen (secondary N) is 2. The molecule has 0 bridgehead atoms. The molecule has 1 spiro atoms. The molecule has 0 saturated carbocycles. The number of rotatable bonds is 14. The number of hydrogen-bond donors (Lipinski definition) is 2.